The summed E-state index contributed by atoms with van der Waals surface area (Å²) in [7, 11) is 3.72. The molecule has 0 fully saturated rings. The van der Waals surface area contributed by atoms with Gasteiger partial charge in [0.25, 0.3) is 0 Å². The van der Waals surface area contributed by atoms with E-state index in [2.05, 4.69) is 34.7 Å². The lowest BCUT2D eigenvalue weighted by Crippen LogP contribution is -2.13. The molecular formula is C19H19ClN2O. The molecule has 3 aromatic rings. The third kappa shape index (κ3) is 2.23. The van der Waals surface area contributed by atoms with Crippen molar-refractivity contribution < 1.29 is 4.74 Å². The van der Waals surface area contributed by atoms with Gasteiger partial charge in [-0.25, -0.2) is 0 Å². The van der Waals surface area contributed by atoms with Crippen molar-refractivity contribution in [1.29, 1.82) is 0 Å². The predicted octanol–water partition coefficient (Wildman–Crippen LogP) is 4.63. The average Bonchev–Trinajstić information content (AvgIpc) is 3.16. The van der Waals surface area contributed by atoms with E-state index in [-0.39, 0.29) is 0 Å². The normalized spacial score (nSPS) is 20.0. The van der Waals surface area contributed by atoms with Crippen LogP contribution < -0.4 is 10.1 Å². The first-order chi connectivity index (χ1) is 11.2. The van der Waals surface area contributed by atoms with Crippen LogP contribution >= 0.6 is 11.6 Å². The standard InChI is InChI=1S/C19H19ClN2O/c1-21-18-9-13(12-7-6-11(23-2)8-14(12)18)15-10-22-17-5-3-4-16(20)19(15)17/h3-8,10,13,18,21-22H,9H2,1-2H3/t13-,18+/m0/s1. The minimum absolute atomic E-state index is 0.331. The monoisotopic (exact) mass is 326 g/mol. The van der Waals surface area contributed by atoms with Crippen LogP contribution in [0.4, 0.5) is 0 Å². The number of benzene rings is 2. The van der Waals surface area contributed by atoms with E-state index in [0.717, 1.165) is 28.1 Å². The highest BCUT2D eigenvalue weighted by atomic mass is 35.5. The highest BCUT2D eigenvalue weighted by molar-refractivity contribution is 6.35. The van der Waals surface area contributed by atoms with Crippen molar-refractivity contribution in [2.24, 2.45) is 0 Å². The van der Waals surface area contributed by atoms with Gasteiger partial charge in [-0.05, 0) is 54.4 Å². The number of nitrogens with one attached hydrogen (secondary N) is 2. The Morgan fingerprint density at radius 3 is 2.83 bits per heavy atom. The quantitative estimate of drug-likeness (QED) is 0.736. The van der Waals surface area contributed by atoms with Crippen molar-refractivity contribution >= 4 is 22.5 Å². The molecule has 0 amide bonds. The number of methoxy groups -OCH3 is 1. The molecule has 1 aliphatic rings. The topological polar surface area (TPSA) is 37.0 Å². The summed E-state index contributed by atoms with van der Waals surface area (Å²) in [6, 6.07) is 12.7. The lowest BCUT2D eigenvalue weighted by molar-refractivity contribution is 0.413. The molecule has 1 aliphatic carbocycles. The van der Waals surface area contributed by atoms with E-state index in [4.69, 9.17) is 16.3 Å². The van der Waals surface area contributed by atoms with Crippen LogP contribution in [-0.2, 0) is 0 Å². The molecule has 0 bridgehead atoms. The summed E-state index contributed by atoms with van der Waals surface area (Å²) in [5, 5.41) is 5.37. The van der Waals surface area contributed by atoms with Crippen LogP contribution in [0.25, 0.3) is 10.9 Å². The zero-order valence-electron chi connectivity index (χ0n) is 13.2. The fraction of sp³-hybridized carbons (Fsp3) is 0.263. The number of halogens is 1. The fourth-order valence-corrected chi connectivity index (χ4v) is 4.08. The van der Waals surface area contributed by atoms with Crippen molar-refractivity contribution in [3.63, 3.8) is 0 Å². The Hall–Kier alpha value is -1.97. The maximum Gasteiger partial charge on any atom is 0.119 e. The summed E-state index contributed by atoms with van der Waals surface area (Å²) < 4.78 is 5.39. The van der Waals surface area contributed by atoms with Crippen LogP contribution in [0.2, 0.25) is 5.02 Å². The van der Waals surface area contributed by atoms with E-state index in [9.17, 15) is 0 Å². The largest absolute Gasteiger partial charge is 0.497 e. The third-order valence-electron chi connectivity index (χ3n) is 4.93. The van der Waals surface area contributed by atoms with Gasteiger partial charge in [0, 0.05) is 29.1 Å². The van der Waals surface area contributed by atoms with E-state index in [0.29, 0.717) is 12.0 Å². The van der Waals surface area contributed by atoms with Crippen molar-refractivity contribution in [1.82, 2.24) is 10.3 Å². The van der Waals surface area contributed by atoms with Crippen LogP contribution in [0.15, 0.2) is 42.6 Å². The summed E-state index contributed by atoms with van der Waals surface area (Å²) in [6.45, 7) is 0. The molecule has 2 N–H and O–H groups in total. The molecule has 1 aromatic heterocycles. The van der Waals surface area contributed by atoms with Crippen LogP contribution in [0.3, 0.4) is 0 Å². The number of fused-ring (bicyclic) bond motifs is 2. The Morgan fingerprint density at radius 2 is 2.04 bits per heavy atom. The summed E-state index contributed by atoms with van der Waals surface area (Å²) in [5.74, 6) is 1.24. The highest BCUT2D eigenvalue weighted by Crippen LogP contribution is 2.47. The van der Waals surface area contributed by atoms with Gasteiger partial charge in [-0.3, -0.25) is 0 Å². The Morgan fingerprint density at radius 1 is 1.17 bits per heavy atom. The minimum atomic E-state index is 0.331. The molecule has 0 aliphatic heterocycles. The molecule has 1 heterocycles. The maximum atomic E-state index is 6.47. The van der Waals surface area contributed by atoms with E-state index in [1.165, 1.54) is 16.7 Å². The van der Waals surface area contributed by atoms with Gasteiger partial charge in [0.1, 0.15) is 5.75 Å². The summed E-state index contributed by atoms with van der Waals surface area (Å²) >= 11 is 6.47. The van der Waals surface area contributed by atoms with Gasteiger partial charge in [0.2, 0.25) is 0 Å². The molecule has 0 spiro atoms. The Labute approximate surface area is 140 Å². The van der Waals surface area contributed by atoms with Crippen LogP contribution in [-0.4, -0.2) is 19.1 Å². The second kappa shape index (κ2) is 5.59. The highest BCUT2D eigenvalue weighted by Gasteiger charge is 2.33. The molecule has 0 radical (unpaired) electrons. The Bertz CT molecular complexity index is 871. The number of hydrogen-bond donors (Lipinski definition) is 2. The molecule has 3 nitrogen and oxygen atoms in total. The molecule has 2 aromatic carbocycles. The Balaban J connectivity index is 1.88. The molecular weight excluding hydrogens is 308 g/mol. The second-order valence-corrected chi connectivity index (χ2v) is 6.44. The molecule has 118 valence electrons. The van der Waals surface area contributed by atoms with Crippen LogP contribution in [0.5, 0.6) is 5.75 Å². The van der Waals surface area contributed by atoms with Crippen LogP contribution in [0.1, 0.15) is 35.1 Å². The first kappa shape index (κ1) is 14.6. The van der Waals surface area contributed by atoms with E-state index in [1.807, 2.05) is 25.2 Å². The number of aromatic nitrogens is 1. The molecule has 0 saturated carbocycles. The summed E-state index contributed by atoms with van der Waals surface area (Å²) in [4.78, 5) is 3.36. The van der Waals surface area contributed by atoms with Gasteiger partial charge in [-0.1, -0.05) is 23.7 Å². The number of aromatic amines is 1. The SMILES string of the molecule is CN[C@@H]1C[C@H](c2c[nH]c3cccc(Cl)c23)c2ccc(OC)cc21. The first-order valence-corrected chi connectivity index (χ1v) is 8.21. The molecule has 2 atom stereocenters. The summed E-state index contributed by atoms with van der Waals surface area (Å²) in [5.41, 5.74) is 5.04. The number of ether oxygens (including phenoxy) is 1. The number of rotatable bonds is 3. The van der Waals surface area contributed by atoms with Crippen molar-refractivity contribution in [3.8, 4) is 5.75 Å². The van der Waals surface area contributed by atoms with Crippen LogP contribution in [0, 0.1) is 0 Å². The molecule has 4 rings (SSSR count). The Kier molecular flexibility index (Phi) is 3.55. The van der Waals surface area contributed by atoms with Gasteiger partial charge in [0.05, 0.1) is 12.1 Å². The maximum absolute atomic E-state index is 6.47. The summed E-state index contributed by atoms with van der Waals surface area (Å²) in [6.07, 6.45) is 3.13. The van der Waals surface area contributed by atoms with Gasteiger partial charge < -0.3 is 15.0 Å². The number of hydrogen-bond acceptors (Lipinski definition) is 2. The molecule has 4 heteroatoms. The molecule has 0 unspecified atom stereocenters. The van der Waals surface area contributed by atoms with Gasteiger partial charge in [-0.15, -0.1) is 0 Å². The van der Waals surface area contributed by atoms with E-state index < -0.39 is 0 Å². The zero-order chi connectivity index (χ0) is 16.0. The minimum Gasteiger partial charge on any atom is -0.497 e. The van der Waals surface area contributed by atoms with E-state index in [1.54, 1.807) is 7.11 Å². The second-order valence-electron chi connectivity index (χ2n) is 6.03. The van der Waals surface area contributed by atoms with Gasteiger partial charge >= 0.3 is 0 Å². The fourth-order valence-electron chi connectivity index (χ4n) is 3.80. The molecule has 0 saturated heterocycles. The smallest absolute Gasteiger partial charge is 0.119 e. The van der Waals surface area contributed by atoms with Gasteiger partial charge in [-0.2, -0.15) is 0 Å². The third-order valence-corrected chi connectivity index (χ3v) is 5.24. The lowest BCUT2D eigenvalue weighted by atomic mass is 9.92. The molecule has 23 heavy (non-hydrogen) atoms. The van der Waals surface area contributed by atoms with Crippen molar-refractivity contribution in [2.45, 2.75) is 18.4 Å². The van der Waals surface area contributed by atoms with Crippen molar-refractivity contribution in [3.05, 3.63) is 64.3 Å². The van der Waals surface area contributed by atoms with Gasteiger partial charge in [0.15, 0.2) is 0 Å². The van der Waals surface area contributed by atoms with E-state index >= 15 is 0 Å². The number of H-pyrrole nitrogens is 1. The lowest BCUT2D eigenvalue weighted by Gasteiger charge is -2.12. The zero-order valence-corrected chi connectivity index (χ0v) is 13.9. The predicted molar refractivity (Wildman–Crippen MR) is 94.6 cm³/mol. The average molecular weight is 327 g/mol. The first-order valence-electron chi connectivity index (χ1n) is 7.83. The van der Waals surface area contributed by atoms with Crippen molar-refractivity contribution in [2.75, 3.05) is 14.2 Å².